The van der Waals surface area contributed by atoms with Gasteiger partial charge in [-0.15, -0.1) is 0 Å². The number of piperidine rings is 2. The fourth-order valence-electron chi connectivity index (χ4n) is 7.09. The minimum Gasteiger partial charge on any atom is -0.460 e. The van der Waals surface area contributed by atoms with Crippen molar-refractivity contribution in [3.63, 3.8) is 0 Å². The van der Waals surface area contributed by atoms with E-state index in [1.54, 1.807) is 0 Å². The third-order valence-electron chi connectivity index (χ3n) is 9.12. The first-order valence-corrected chi connectivity index (χ1v) is 14.0. The summed E-state index contributed by atoms with van der Waals surface area (Å²) >= 11 is 0. The number of rotatable bonds is 5. The summed E-state index contributed by atoms with van der Waals surface area (Å²) in [6.07, 6.45) is 11.3. The number of hydrogen-bond donors (Lipinski definition) is 1. The predicted molar refractivity (Wildman–Crippen MR) is 142 cm³/mol. The summed E-state index contributed by atoms with van der Waals surface area (Å²) in [6.45, 7) is 7.13. The van der Waals surface area contributed by atoms with E-state index in [2.05, 4.69) is 16.3 Å². The Labute approximate surface area is 212 Å². The van der Waals surface area contributed by atoms with E-state index in [0.717, 1.165) is 59.0 Å². The van der Waals surface area contributed by atoms with E-state index in [1.807, 2.05) is 13.8 Å². The third kappa shape index (κ3) is 4.17. The molecule has 0 radical (unpaired) electrons. The number of hydrogen-bond acceptors (Lipinski definition) is 5. The Morgan fingerprint density at radius 2 is 1.78 bits per heavy atom. The molecule has 2 saturated heterocycles. The summed E-state index contributed by atoms with van der Waals surface area (Å²) in [7, 11) is 0. The molecule has 0 saturated carbocycles. The molecule has 1 N–H and O–H groups in total. The lowest BCUT2D eigenvalue weighted by Gasteiger charge is -2.44. The zero-order valence-electron chi connectivity index (χ0n) is 21.7. The summed E-state index contributed by atoms with van der Waals surface area (Å²) in [5, 5.41) is 5.30. The van der Waals surface area contributed by atoms with Gasteiger partial charge in [-0.3, -0.25) is 4.79 Å². The quantitative estimate of drug-likeness (QED) is 0.488. The topological polar surface area (TPSA) is 75.7 Å². The molecular weight excluding hydrogens is 452 g/mol. The Hall–Kier alpha value is -2.60. The number of nitrogens with one attached hydrogen (secondary N) is 1. The van der Waals surface area contributed by atoms with Crippen LogP contribution < -0.4 is 10.9 Å². The summed E-state index contributed by atoms with van der Waals surface area (Å²) < 4.78 is 12.0. The molecule has 6 heteroatoms. The highest BCUT2D eigenvalue weighted by Gasteiger charge is 2.33. The number of amides is 1. The van der Waals surface area contributed by atoms with Crippen LogP contribution in [0.1, 0.15) is 79.4 Å². The first-order chi connectivity index (χ1) is 17.5. The second-order valence-electron chi connectivity index (χ2n) is 11.3. The van der Waals surface area contributed by atoms with Gasteiger partial charge in [0.05, 0.1) is 0 Å². The molecule has 1 aliphatic carbocycles. The Kier molecular flexibility index (Phi) is 6.40. The monoisotopic (exact) mass is 490 g/mol. The Bertz CT molecular complexity index is 1370. The highest BCUT2D eigenvalue weighted by atomic mass is 16.4. The molecule has 36 heavy (non-hydrogen) atoms. The Morgan fingerprint density at radius 1 is 0.972 bits per heavy atom. The largest absolute Gasteiger partial charge is 0.460 e. The average molecular weight is 491 g/mol. The van der Waals surface area contributed by atoms with Crippen molar-refractivity contribution >= 4 is 27.8 Å². The van der Waals surface area contributed by atoms with Crippen molar-refractivity contribution < 1.29 is 13.6 Å². The van der Waals surface area contributed by atoms with Gasteiger partial charge < -0.3 is 19.1 Å². The minimum absolute atomic E-state index is 0.0253. The molecule has 4 heterocycles. The van der Waals surface area contributed by atoms with Gasteiger partial charge in [-0.25, -0.2) is 4.79 Å². The van der Waals surface area contributed by atoms with Crippen LogP contribution in [0, 0.1) is 19.8 Å². The van der Waals surface area contributed by atoms with Crippen LogP contribution in [0.15, 0.2) is 19.7 Å². The number of aryl methyl sites for hydroxylation is 4. The van der Waals surface area contributed by atoms with Gasteiger partial charge in [-0.1, -0.05) is 6.42 Å². The number of furan rings is 1. The van der Waals surface area contributed by atoms with Crippen molar-refractivity contribution in [2.75, 3.05) is 19.6 Å². The Morgan fingerprint density at radius 3 is 2.67 bits per heavy atom. The molecule has 3 aromatic rings. The van der Waals surface area contributed by atoms with Gasteiger partial charge in [0.1, 0.15) is 16.9 Å². The van der Waals surface area contributed by atoms with Gasteiger partial charge in [0, 0.05) is 52.9 Å². The lowest BCUT2D eigenvalue weighted by molar-refractivity contribution is -0.121. The number of nitrogens with zero attached hydrogens (tertiary/aromatic N) is 1. The number of benzene rings is 1. The van der Waals surface area contributed by atoms with Gasteiger partial charge in [-0.05, 0) is 95.9 Å². The van der Waals surface area contributed by atoms with Gasteiger partial charge >= 0.3 is 5.63 Å². The second kappa shape index (κ2) is 9.70. The molecule has 6 nitrogen and oxygen atoms in total. The fourth-order valence-corrected chi connectivity index (χ4v) is 7.09. The van der Waals surface area contributed by atoms with Crippen LogP contribution >= 0.6 is 0 Å². The van der Waals surface area contributed by atoms with Crippen LogP contribution in [0.25, 0.3) is 21.9 Å². The van der Waals surface area contributed by atoms with Crippen LogP contribution in [0.2, 0.25) is 0 Å². The molecule has 192 valence electrons. The molecule has 2 atom stereocenters. The van der Waals surface area contributed by atoms with Gasteiger partial charge in [0.2, 0.25) is 5.91 Å². The van der Waals surface area contributed by atoms with Crippen molar-refractivity contribution in [1.29, 1.82) is 0 Å². The molecule has 2 fully saturated rings. The Balaban J connectivity index is 1.19. The average Bonchev–Trinajstić information content (AvgIpc) is 3.27. The zero-order chi connectivity index (χ0) is 24.8. The van der Waals surface area contributed by atoms with E-state index in [1.165, 1.54) is 57.2 Å². The maximum atomic E-state index is 13.0. The lowest BCUT2D eigenvalue weighted by Crippen LogP contribution is -2.51. The number of carbonyl (C=O) groups excluding carboxylic acids is 1. The molecule has 0 unspecified atom stereocenters. The van der Waals surface area contributed by atoms with Crippen LogP contribution in [-0.4, -0.2) is 36.5 Å². The standard InChI is InChI=1S/C30H38N2O4/c1-18-21(12-13-27(33)31-17-20-8-7-15-32-14-6-5-10-25(20)32)30(34)36-28-19(2)29-24(16-23(18)28)22-9-3-4-11-26(22)35-29/h16,20,25H,3-15,17H2,1-2H3,(H,31,33)/t20-,25-/m1/s1. The lowest BCUT2D eigenvalue weighted by atomic mass is 9.83. The van der Waals surface area contributed by atoms with Crippen LogP contribution in [0.5, 0.6) is 0 Å². The maximum Gasteiger partial charge on any atom is 0.339 e. The molecule has 0 spiro atoms. The molecule has 1 amide bonds. The van der Waals surface area contributed by atoms with E-state index >= 15 is 0 Å². The van der Waals surface area contributed by atoms with E-state index < -0.39 is 0 Å². The summed E-state index contributed by atoms with van der Waals surface area (Å²) in [5.74, 6) is 1.65. The normalized spacial score (nSPS) is 22.5. The summed E-state index contributed by atoms with van der Waals surface area (Å²) in [5.41, 5.74) is 4.87. The van der Waals surface area contributed by atoms with E-state index in [4.69, 9.17) is 8.83 Å². The molecule has 6 rings (SSSR count). The van der Waals surface area contributed by atoms with Crippen molar-refractivity contribution in [2.24, 2.45) is 5.92 Å². The predicted octanol–water partition coefficient (Wildman–Crippen LogP) is 5.35. The summed E-state index contributed by atoms with van der Waals surface area (Å²) in [6, 6.07) is 2.77. The van der Waals surface area contributed by atoms with Crippen LogP contribution in [-0.2, 0) is 24.1 Å². The van der Waals surface area contributed by atoms with Crippen LogP contribution in [0.3, 0.4) is 0 Å². The summed E-state index contributed by atoms with van der Waals surface area (Å²) in [4.78, 5) is 28.4. The van der Waals surface area contributed by atoms with Gasteiger partial charge in [0.25, 0.3) is 0 Å². The maximum absolute atomic E-state index is 13.0. The fraction of sp³-hybridized carbons (Fsp3) is 0.600. The molecule has 1 aromatic carbocycles. The molecule has 0 bridgehead atoms. The SMILES string of the molecule is Cc1c(CCC(=O)NC[C@H]2CCCN3CCCC[C@H]23)c(=O)oc2c(C)c3oc4c(c3cc12)CCCC4. The van der Waals surface area contributed by atoms with Crippen LogP contribution in [0.4, 0.5) is 0 Å². The second-order valence-corrected chi connectivity index (χ2v) is 11.3. The van der Waals surface area contributed by atoms with Crippen molar-refractivity contribution in [3.8, 4) is 0 Å². The third-order valence-corrected chi connectivity index (χ3v) is 9.12. The van der Waals surface area contributed by atoms with E-state index in [0.29, 0.717) is 35.9 Å². The van der Waals surface area contributed by atoms with E-state index in [-0.39, 0.29) is 11.5 Å². The molecule has 3 aliphatic rings. The van der Waals surface area contributed by atoms with Crippen molar-refractivity contribution in [1.82, 2.24) is 10.2 Å². The highest BCUT2D eigenvalue weighted by molar-refractivity contribution is 6.00. The molecular formula is C30H38N2O4. The number of fused-ring (bicyclic) bond motifs is 5. The zero-order valence-corrected chi connectivity index (χ0v) is 21.7. The smallest absolute Gasteiger partial charge is 0.339 e. The molecule has 2 aliphatic heterocycles. The van der Waals surface area contributed by atoms with Gasteiger partial charge in [-0.2, -0.15) is 0 Å². The van der Waals surface area contributed by atoms with Gasteiger partial charge in [0.15, 0.2) is 0 Å². The van der Waals surface area contributed by atoms with Crippen molar-refractivity contribution in [3.05, 3.63) is 44.5 Å². The first kappa shape index (κ1) is 23.8. The first-order valence-electron chi connectivity index (χ1n) is 14.0. The highest BCUT2D eigenvalue weighted by Crippen LogP contribution is 2.38. The number of carbonyl (C=O) groups is 1. The van der Waals surface area contributed by atoms with Crippen molar-refractivity contribution in [2.45, 2.75) is 90.5 Å². The molecule has 2 aromatic heterocycles. The van der Waals surface area contributed by atoms with E-state index in [9.17, 15) is 9.59 Å². The minimum atomic E-state index is -0.336.